The molecule has 1 saturated heterocycles. The zero-order valence-corrected chi connectivity index (χ0v) is 12.0. The first-order valence-corrected chi connectivity index (χ1v) is 6.90. The lowest BCUT2D eigenvalue weighted by atomic mass is 10.0. The molecule has 0 N–H and O–H groups in total. The molecule has 1 aromatic heterocycles. The summed E-state index contributed by atoms with van der Waals surface area (Å²) >= 11 is 0. The highest BCUT2D eigenvalue weighted by atomic mass is 16.5. The van der Waals surface area contributed by atoms with Gasteiger partial charge in [0.1, 0.15) is 0 Å². The van der Waals surface area contributed by atoms with Gasteiger partial charge in [0.25, 0.3) is 0 Å². The van der Waals surface area contributed by atoms with E-state index in [0.717, 1.165) is 25.9 Å². The molecule has 1 aliphatic rings. The molecule has 1 aromatic rings. The highest BCUT2D eigenvalue weighted by Gasteiger charge is 2.24. The van der Waals surface area contributed by atoms with E-state index in [0.29, 0.717) is 12.5 Å². The van der Waals surface area contributed by atoms with E-state index in [1.54, 1.807) is 7.11 Å². The van der Waals surface area contributed by atoms with Crippen molar-refractivity contribution in [1.29, 1.82) is 0 Å². The number of aromatic nitrogens is 2. The van der Waals surface area contributed by atoms with Crippen LogP contribution in [0, 0.1) is 6.92 Å². The molecular weight excluding hydrogens is 242 g/mol. The second-order valence-corrected chi connectivity index (χ2v) is 5.30. The number of hydrogen-bond acceptors (Lipinski definition) is 3. The van der Waals surface area contributed by atoms with Gasteiger partial charge in [0.05, 0.1) is 18.9 Å². The smallest absolute Gasteiger partial charge is 0.225 e. The number of ether oxygens (including phenoxy) is 1. The lowest BCUT2D eigenvalue weighted by Gasteiger charge is -2.33. The standard InChI is InChI=1S/C14H23N3O2/c1-11-9-15-10-17(11)13-4-6-16(7-5-13)14(18)8-12(2)19-3/h9-10,12-13H,4-8H2,1-3H3. The van der Waals surface area contributed by atoms with Crippen molar-refractivity contribution >= 4 is 5.91 Å². The van der Waals surface area contributed by atoms with Crippen molar-refractivity contribution in [2.75, 3.05) is 20.2 Å². The molecule has 5 heteroatoms. The van der Waals surface area contributed by atoms with Gasteiger partial charge in [-0.05, 0) is 26.7 Å². The summed E-state index contributed by atoms with van der Waals surface area (Å²) in [5.74, 6) is 0.204. The lowest BCUT2D eigenvalue weighted by molar-refractivity contribution is -0.134. The molecule has 2 heterocycles. The summed E-state index contributed by atoms with van der Waals surface area (Å²) in [6, 6.07) is 0.478. The molecule has 19 heavy (non-hydrogen) atoms. The Morgan fingerprint density at radius 3 is 2.74 bits per heavy atom. The zero-order chi connectivity index (χ0) is 13.8. The van der Waals surface area contributed by atoms with Crippen LogP contribution in [-0.4, -0.2) is 46.7 Å². The molecule has 1 aliphatic heterocycles. The number of imidazole rings is 1. The van der Waals surface area contributed by atoms with Gasteiger partial charge in [-0.3, -0.25) is 4.79 Å². The SMILES string of the molecule is COC(C)CC(=O)N1CCC(n2cncc2C)CC1. The molecule has 1 fully saturated rings. The number of likely N-dealkylation sites (tertiary alicyclic amines) is 1. The maximum absolute atomic E-state index is 12.1. The summed E-state index contributed by atoms with van der Waals surface area (Å²) in [5.41, 5.74) is 1.19. The average Bonchev–Trinajstić information content (AvgIpc) is 2.85. The van der Waals surface area contributed by atoms with E-state index in [-0.39, 0.29) is 12.0 Å². The van der Waals surface area contributed by atoms with Gasteiger partial charge >= 0.3 is 0 Å². The molecular formula is C14H23N3O2. The Kier molecular flexibility index (Phi) is 4.58. The fraction of sp³-hybridized carbons (Fsp3) is 0.714. The normalized spacial score (nSPS) is 18.6. The minimum absolute atomic E-state index is 0.00103. The molecule has 0 radical (unpaired) electrons. The first-order chi connectivity index (χ1) is 9.11. The topological polar surface area (TPSA) is 47.4 Å². The Morgan fingerprint density at radius 2 is 2.21 bits per heavy atom. The van der Waals surface area contributed by atoms with Crippen molar-refractivity contribution in [3.05, 3.63) is 18.2 Å². The van der Waals surface area contributed by atoms with Crippen LogP contribution < -0.4 is 0 Å². The van der Waals surface area contributed by atoms with Crippen LogP contribution in [0.15, 0.2) is 12.5 Å². The summed E-state index contributed by atoms with van der Waals surface area (Å²) in [6.45, 7) is 5.67. The molecule has 106 valence electrons. The van der Waals surface area contributed by atoms with E-state index in [4.69, 9.17) is 4.74 Å². The number of nitrogens with zero attached hydrogens (tertiary/aromatic N) is 3. The minimum atomic E-state index is 0.00103. The molecule has 0 aliphatic carbocycles. The fourth-order valence-electron chi connectivity index (χ4n) is 2.60. The number of hydrogen-bond donors (Lipinski definition) is 0. The molecule has 1 atom stereocenters. The van der Waals surface area contributed by atoms with Crippen LogP contribution in [0.2, 0.25) is 0 Å². The van der Waals surface area contributed by atoms with Gasteiger partial charge in [-0.25, -0.2) is 4.98 Å². The number of carbonyl (C=O) groups excluding carboxylic acids is 1. The van der Waals surface area contributed by atoms with Crippen LogP contribution in [-0.2, 0) is 9.53 Å². The van der Waals surface area contributed by atoms with Gasteiger partial charge in [0, 0.05) is 38.1 Å². The molecule has 5 nitrogen and oxygen atoms in total. The van der Waals surface area contributed by atoms with E-state index >= 15 is 0 Å². The van der Waals surface area contributed by atoms with Crippen LogP contribution in [0.25, 0.3) is 0 Å². The summed E-state index contributed by atoms with van der Waals surface area (Å²) in [6.07, 6.45) is 6.27. The molecule has 0 aromatic carbocycles. The van der Waals surface area contributed by atoms with E-state index in [9.17, 15) is 4.79 Å². The van der Waals surface area contributed by atoms with E-state index < -0.39 is 0 Å². The fourth-order valence-corrected chi connectivity index (χ4v) is 2.60. The molecule has 2 rings (SSSR count). The Morgan fingerprint density at radius 1 is 1.53 bits per heavy atom. The van der Waals surface area contributed by atoms with Crippen LogP contribution in [0.4, 0.5) is 0 Å². The summed E-state index contributed by atoms with van der Waals surface area (Å²) < 4.78 is 7.37. The predicted molar refractivity (Wildman–Crippen MR) is 72.9 cm³/mol. The summed E-state index contributed by atoms with van der Waals surface area (Å²) in [4.78, 5) is 18.2. The maximum atomic E-state index is 12.1. The number of piperidine rings is 1. The van der Waals surface area contributed by atoms with E-state index in [1.807, 2.05) is 24.3 Å². The van der Waals surface area contributed by atoms with Crippen molar-refractivity contribution in [2.24, 2.45) is 0 Å². The predicted octanol–water partition coefficient (Wildman–Crippen LogP) is 1.78. The van der Waals surface area contributed by atoms with Gasteiger partial charge in [-0.15, -0.1) is 0 Å². The van der Waals surface area contributed by atoms with Crippen LogP contribution in [0.3, 0.4) is 0 Å². The van der Waals surface area contributed by atoms with Gasteiger partial charge in [-0.1, -0.05) is 0 Å². The minimum Gasteiger partial charge on any atom is -0.381 e. The molecule has 1 unspecified atom stereocenters. The van der Waals surface area contributed by atoms with Crippen molar-refractivity contribution in [1.82, 2.24) is 14.5 Å². The monoisotopic (exact) mass is 265 g/mol. The Hall–Kier alpha value is -1.36. The van der Waals surface area contributed by atoms with Crippen LogP contribution in [0.1, 0.15) is 37.9 Å². The lowest BCUT2D eigenvalue weighted by Crippen LogP contribution is -2.40. The number of aryl methyl sites for hydroxylation is 1. The average molecular weight is 265 g/mol. The second kappa shape index (κ2) is 6.19. The maximum Gasteiger partial charge on any atom is 0.225 e. The van der Waals surface area contributed by atoms with Crippen LogP contribution in [0.5, 0.6) is 0 Å². The van der Waals surface area contributed by atoms with E-state index in [2.05, 4.69) is 16.5 Å². The van der Waals surface area contributed by atoms with Gasteiger partial charge in [0.2, 0.25) is 5.91 Å². The van der Waals surface area contributed by atoms with Crippen molar-refractivity contribution in [3.63, 3.8) is 0 Å². The zero-order valence-electron chi connectivity index (χ0n) is 12.0. The van der Waals surface area contributed by atoms with Gasteiger partial charge in [0.15, 0.2) is 0 Å². The number of rotatable bonds is 4. The van der Waals surface area contributed by atoms with Gasteiger partial charge in [-0.2, -0.15) is 0 Å². The van der Waals surface area contributed by atoms with Crippen molar-refractivity contribution in [3.8, 4) is 0 Å². The number of carbonyl (C=O) groups is 1. The Labute approximate surface area is 114 Å². The third-order valence-corrected chi connectivity index (χ3v) is 3.93. The van der Waals surface area contributed by atoms with Crippen molar-refractivity contribution < 1.29 is 9.53 Å². The summed E-state index contributed by atoms with van der Waals surface area (Å²) in [5, 5.41) is 0. The summed E-state index contributed by atoms with van der Waals surface area (Å²) in [7, 11) is 1.64. The third kappa shape index (κ3) is 3.35. The second-order valence-electron chi connectivity index (χ2n) is 5.30. The highest BCUT2D eigenvalue weighted by molar-refractivity contribution is 5.76. The molecule has 0 spiro atoms. The van der Waals surface area contributed by atoms with Crippen LogP contribution >= 0.6 is 0 Å². The Bertz CT molecular complexity index is 422. The van der Waals surface area contributed by atoms with Gasteiger partial charge < -0.3 is 14.2 Å². The molecule has 1 amide bonds. The first kappa shape index (κ1) is 14.1. The molecule has 0 saturated carbocycles. The largest absolute Gasteiger partial charge is 0.381 e. The first-order valence-electron chi connectivity index (χ1n) is 6.90. The molecule has 0 bridgehead atoms. The number of methoxy groups -OCH3 is 1. The Balaban J connectivity index is 1.86. The quantitative estimate of drug-likeness (QED) is 0.833. The van der Waals surface area contributed by atoms with Crippen molar-refractivity contribution in [2.45, 2.75) is 45.3 Å². The number of amides is 1. The van der Waals surface area contributed by atoms with E-state index in [1.165, 1.54) is 5.69 Å². The third-order valence-electron chi connectivity index (χ3n) is 3.93. The highest BCUT2D eigenvalue weighted by Crippen LogP contribution is 2.24.